The van der Waals surface area contributed by atoms with Gasteiger partial charge in [0.2, 0.25) is 0 Å². The van der Waals surface area contributed by atoms with Crippen LogP contribution in [-0.4, -0.2) is 5.11 Å². The number of aryl methyl sites for hydroxylation is 1. The van der Waals surface area contributed by atoms with Gasteiger partial charge in [0.05, 0.1) is 5.02 Å². The molecule has 1 fully saturated rings. The predicted molar refractivity (Wildman–Crippen MR) is 57.7 cm³/mol. The van der Waals surface area contributed by atoms with Crippen molar-refractivity contribution in [1.82, 2.24) is 0 Å². The molecule has 0 unspecified atom stereocenters. The van der Waals surface area contributed by atoms with Gasteiger partial charge in [0, 0.05) is 5.54 Å². The largest absolute Gasteiger partial charge is 0.506 e. The van der Waals surface area contributed by atoms with Crippen LogP contribution in [0.3, 0.4) is 0 Å². The first-order chi connectivity index (χ1) is 6.46. The SMILES string of the molecule is Cc1cc(C2(N)CC2)c(C)c(O)c1Cl. The lowest BCUT2D eigenvalue weighted by Gasteiger charge is -2.16. The van der Waals surface area contributed by atoms with E-state index in [1.807, 2.05) is 19.9 Å². The Morgan fingerprint density at radius 1 is 1.43 bits per heavy atom. The quantitative estimate of drug-likeness (QED) is 0.750. The summed E-state index contributed by atoms with van der Waals surface area (Å²) in [5, 5.41) is 10.2. The number of phenols is 1. The van der Waals surface area contributed by atoms with E-state index < -0.39 is 0 Å². The van der Waals surface area contributed by atoms with E-state index in [2.05, 4.69) is 0 Å². The van der Waals surface area contributed by atoms with Gasteiger partial charge in [-0.05, 0) is 43.4 Å². The van der Waals surface area contributed by atoms with E-state index in [1.165, 1.54) is 0 Å². The van der Waals surface area contributed by atoms with Crippen LogP contribution in [0.4, 0.5) is 0 Å². The number of rotatable bonds is 1. The number of aromatic hydroxyl groups is 1. The molecule has 0 atom stereocenters. The molecule has 1 aromatic carbocycles. The van der Waals surface area contributed by atoms with Crippen LogP contribution in [0.5, 0.6) is 5.75 Å². The Morgan fingerprint density at radius 3 is 2.50 bits per heavy atom. The monoisotopic (exact) mass is 211 g/mol. The summed E-state index contributed by atoms with van der Waals surface area (Å²) in [6.45, 7) is 3.75. The second-order valence-corrected chi connectivity index (χ2v) is 4.56. The van der Waals surface area contributed by atoms with Crippen LogP contribution in [0, 0.1) is 13.8 Å². The van der Waals surface area contributed by atoms with Gasteiger partial charge in [-0.3, -0.25) is 0 Å². The maximum atomic E-state index is 9.77. The van der Waals surface area contributed by atoms with Crippen molar-refractivity contribution in [2.24, 2.45) is 5.73 Å². The van der Waals surface area contributed by atoms with E-state index in [-0.39, 0.29) is 11.3 Å². The van der Waals surface area contributed by atoms with Gasteiger partial charge in [-0.25, -0.2) is 0 Å². The Kier molecular flexibility index (Phi) is 2.02. The molecule has 1 aromatic rings. The minimum Gasteiger partial charge on any atom is -0.506 e. The standard InChI is InChI=1S/C11H14ClNO/c1-6-5-8(11(13)3-4-11)7(2)10(14)9(6)12/h5,14H,3-4,13H2,1-2H3. The zero-order valence-corrected chi connectivity index (χ0v) is 9.15. The van der Waals surface area contributed by atoms with Crippen molar-refractivity contribution in [3.05, 3.63) is 27.8 Å². The molecule has 2 nitrogen and oxygen atoms in total. The molecular formula is C11H14ClNO. The molecule has 1 aliphatic rings. The number of hydrogen-bond donors (Lipinski definition) is 2. The maximum absolute atomic E-state index is 9.77. The van der Waals surface area contributed by atoms with Gasteiger partial charge in [0.15, 0.2) is 0 Å². The van der Waals surface area contributed by atoms with Gasteiger partial charge in [0.25, 0.3) is 0 Å². The second-order valence-electron chi connectivity index (χ2n) is 4.18. The lowest BCUT2D eigenvalue weighted by atomic mass is 9.97. The van der Waals surface area contributed by atoms with Gasteiger partial charge in [-0.2, -0.15) is 0 Å². The minimum absolute atomic E-state index is 0.179. The van der Waals surface area contributed by atoms with Crippen LogP contribution in [0.25, 0.3) is 0 Å². The van der Waals surface area contributed by atoms with E-state index >= 15 is 0 Å². The third-order valence-corrected chi connectivity index (χ3v) is 3.48. The van der Waals surface area contributed by atoms with Crippen molar-refractivity contribution >= 4 is 11.6 Å². The van der Waals surface area contributed by atoms with Gasteiger partial charge in [0.1, 0.15) is 5.75 Å². The molecule has 0 aromatic heterocycles. The summed E-state index contributed by atoms with van der Waals surface area (Å²) < 4.78 is 0. The van der Waals surface area contributed by atoms with Crippen molar-refractivity contribution in [2.75, 3.05) is 0 Å². The number of nitrogens with two attached hydrogens (primary N) is 1. The van der Waals surface area contributed by atoms with Gasteiger partial charge < -0.3 is 10.8 Å². The summed E-state index contributed by atoms with van der Waals surface area (Å²) in [7, 11) is 0. The normalized spacial score (nSPS) is 18.3. The molecule has 14 heavy (non-hydrogen) atoms. The Morgan fingerprint density at radius 2 is 2.00 bits per heavy atom. The van der Waals surface area contributed by atoms with E-state index in [4.69, 9.17) is 17.3 Å². The first kappa shape index (κ1) is 9.81. The van der Waals surface area contributed by atoms with Gasteiger partial charge in [-0.1, -0.05) is 17.7 Å². The molecule has 0 aliphatic heterocycles. The highest BCUT2D eigenvalue weighted by atomic mass is 35.5. The van der Waals surface area contributed by atoms with Gasteiger partial charge in [-0.15, -0.1) is 0 Å². The Bertz CT molecular complexity index is 397. The Balaban J connectivity index is 2.62. The molecule has 1 aliphatic carbocycles. The number of phenolic OH excluding ortho intramolecular Hbond substituents is 1. The average Bonchev–Trinajstić information content (AvgIpc) is 2.87. The molecule has 0 spiro atoms. The van der Waals surface area contributed by atoms with E-state index in [0.717, 1.165) is 29.5 Å². The topological polar surface area (TPSA) is 46.2 Å². The third-order valence-electron chi connectivity index (χ3n) is 3.00. The smallest absolute Gasteiger partial charge is 0.137 e. The zero-order valence-electron chi connectivity index (χ0n) is 8.39. The molecule has 2 rings (SSSR count). The van der Waals surface area contributed by atoms with Crippen molar-refractivity contribution in [1.29, 1.82) is 0 Å². The van der Waals surface area contributed by atoms with Crippen molar-refractivity contribution < 1.29 is 5.11 Å². The fourth-order valence-corrected chi connectivity index (χ4v) is 1.98. The van der Waals surface area contributed by atoms with E-state index in [1.54, 1.807) is 0 Å². The van der Waals surface area contributed by atoms with Crippen molar-refractivity contribution in [3.8, 4) is 5.75 Å². The fraction of sp³-hybridized carbons (Fsp3) is 0.455. The third kappa shape index (κ3) is 1.30. The highest BCUT2D eigenvalue weighted by molar-refractivity contribution is 6.32. The summed E-state index contributed by atoms with van der Waals surface area (Å²) in [5.41, 5.74) is 8.64. The molecule has 0 saturated heterocycles. The van der Waals surface area contributed by atoms with Crippen LogP contribution < -0.4 is 5.73 Å². The molecular weight excluding hydrogens is 198 g/mol. The first-order valence-corrected chi connectivity index (χ1v) is 5.11. The van der Waals surface area contributed by atoms with Crippen LogP contribution in [0.1, 0.15) is 29.5 Å². The summed E-state index contributed by atoms with van der Waals surface area (Å²) in [6, 6.07) is 1.99. The lowest BCUT2D eigenvalue weighted by molar-refractivity contribution is 0.468. The highest BCUT2D eigenvalue weighted by Gasteiger charge is 2.41. The Hall–Kier alpha value is -0.730. The summed E-state index contributed by atoms with van der Waals surface area (Å²) in [5.74, 6) is 0.179. The molecule has 0 bridgehead atoms. The molecule has 76 valence electrons. The summed E-state index contributed by atoms with van der Waals surface area (Å²) in [4.78, 5) is 0. The Labute approximate surface area is 88.7 Å². The molecule has 3 N–H and O–H groups in total. The van der Waals surface area contributed by atoms with Crippen LogP contribution in [0.15, 0.2) is 6.07 Å². The maximum Gasteiger partial charge on any atom is 0.137 e. The summed E-state index contributed by atoms with van der Waals surface area (Å²) in [6.07, 6.45) is 1.99. The van der Waals surface area contributed by atoms with Crippen LogP contribution in [0.2, 0.25) is 5.02 Å². The first-order valence-electron chi connectivity index (χ1n) is 4.74. The van der Waals surface area contributed by atoms with E-state index in [0.29, 0.717) is 5.02 Å². The molecule has 0 amide bonds. The van der Waals surface area contributed by atoms with Crippen molar-refractivity contribution in [2.45, 2.75) is 32.2 Å². The van der Waals surface area contributed by atoms with Crippen LogP contribution >= 0.6 is 11.6 Å². The number of benzene rings is 1. The lowest BCUT2D eigenvalue weighted by Crippen LogP contribution is -2.20. The number of hydrogen-bond acceptors (Lipinski definition) is 2. The predicted octanol–water partition coefficient (Wildman–Crippen LogP) is 2.61. The minimum atomic E-state index is -0.211. The molecule has 0 heterocycles. The zero-order chi connectivity index (χ0) is 10.5. The second kappa shape index (κ2) is 2.88. The molecule has 1 saturated carbocycles. The molecule has 0 radical (unpaired) electrons. The van der Waals surface area contributed by atoms with Gasteiger partial charge >= 0.3 is 0 Å². The molecule has 3 heteroatoms. The summed E-state index contributed by atoms with van der Waals surface area (Å²) >= 11 is 5.93. The van der Waals surface area contributed by atoms with Crippen LogP contribution in [-0.2, 0) is 5.54 Å². The number of halogens is 1. The van der Waals surface area contributed by atoms with Crippen molar-refractivity contribution in [3.63, 3.8) is 0 Å². The fourth-order valence-electron chi connectivity index (χ4n) is 1.79. The van der Waals surface area contributed by atoms with E-state index in [9.17, 15) is 5.11 Å². The highest BCUT2D eigenvalue weighted by Crippen LogP contribution is 2.47. The average molecular weight is 212 g/mol.